The fourth-order valence-electron chi connectivity index (χ4n) is 3.13. The number of benzene rings is 1. The number of unbranched alkanes of at least 4 members (excludes halogenated alkanes) is 1. The third-order valence-corrected chi connectivity index (χ3v) is 4.55. The van der Waals surface area contributed by atoms with Crippen LogP contribution < -0.4 is 5.32 Å². The summed E-state index contributed by atoms with van der Waals surface area (Å²) in [6.07, 6.45) is 6.63. The molecule has 0 aliphatic carbocycles. The minimum absolute atomic E-state index is 0.626. The molecule has 0 bridgehead atoms. The predicted octanol–water partition coefficient (Wildman–Crippen LogP) is 3.72. The highest BCUT2D eigenvalue weighted by atomic mass is 15.1. The van der Waals surface area contributed by atoms with Crippen molar-refractivity contribution in [2.75, 3.05) is 26.2 Å². The van der Waals surface area contributed by atoms with Gasteiger partial charge in [-0.15, -0.1) is 0 Å². The predicted molar refractivity (Wildman–Crippen MR) is 91.7 cm³/mol. The molecule has 1 saturated heterocycles. The van der Waals surface area contributed by atoms with Crippen molar-refractivity contribution in [3.8, 4) is 0 Å². The SMILES string of the molecule is CC(C)NCC1CCN(CCCCc2ccccc2)CC1. The summed E-state index contributed by atoms with van der Waals surface area (Å²) in [5, 5.41) is 3.58. The van der Waals surface area contributed by atoms with Crippen molar-refractivity contribution in [3.63, 3.8) is 0 Å². The van der Waals surface area contributed by atoms with Gasteiger partial charge in [-0.05, 0) is 69.8 Å². The first-order valence-corrected chi connectivity index (χ1v) is 8.73. The molecule has 0 unspecified atom stereocenters. The van der Waals surface area contributed by atoms with Gasteiger partial charge in [0.2, 0.25) is 0 Å². The molecule has 1 fully saturated rings. The Hall–Kier alpha value is -0.860. The maximum absolute atomic E-state index is 3.58. The van der Waals surface area contributed by atoms with Gasteiger partial charge >= 0.3 is 0 Å². The maximum Gasteiger partial charge on any atom is 0.00104 e. The monoisotopic (exact) mass is 288 g/mol. The lowest BCUT2D eigenvalue weighted by atomic mass is 9.96. The van der Waals surface area contributed by atoms with Crippen molar-refractivity contribution in [1.82, 2.24) is 10.2 Å². The van der Waals surface area contributed by atoms with Gasteiger partial charge < -0.3 is 10.2 Å². The van der Waals surface area contributed by atoms with E-state index in [9.17, 15) is 0 Å². The summed E-state index contributed by atoms with van der Waals surface area (Å²) in [5.41, 5.74) is 1.48. The van der Waals surface area contributed by atoms with Crippen molar-refractivity contribution >= 4 is 0 Å². The first-order chi connectivity index (χ1) is 10.2. The van der Waals surface area contributed by atoms with Crippen molar-refractivity contribution < 1.29 is 0 Å². The van der Waals surface area contributed by atoms with Crippen LogP contribution >= 0.6 is 0 Å². The van der Waals surface area contributed by atoms with E-state index in [1.807, 2.05) is 0 Å². The Morgan fingerprint density at radius 1 is 1.10 bits per heavy atom. The number of nitrogens with one attached hydrogen (secondary N) is 1. The van der Waals surface area contributed by atoms with E-state index < -0.39 is 0 Å². The smallest absolute Gasteiger partial charge is 0.00104 e. The summed E-state index contributed by atoms with van der Waals surface area (Å²) in [5.74, 6) is 0.896. The van der Waals surface area contributed by atoms with Crippen LogP contribution in [0.1, 0.15) is 45.1 Å². The highest BCUT2D eigenvalue weighted by Crippen LogP contribution is 2.17. The third-order valence-electron chi connectivity index (χ3n) is 4.55. The van der Waals surface area contributed by atoms with Crippen LogP contribution in [0, 0.1) is 5.92 Å². The molecule has 21 heavy (non-hydrogen) atoms. The van der Waals surface area contributed by atoms with E-state index in [1.54, 1.807) is 0 Å². The zero-order valence-electron chi connectivity index (χ0n) is 13.9. The molecule has 0 amide bonds. The Bertz CT molecular complexity index is 366. The zero-order chi connectivity index (χ0) is 14.9. The topological polar surface area (TPSA) is 15.3 Å². The Morgan fingerprint density at radius 2 is 1.81 bits per heavy atom. The number of hydrogen-bond donors (Lipinski definition) is 1. The maximum atomic E-state index is 3.58. The number of rotatable bonds is 8. The fraction of sp³-hybridized carbons (Fsp3) is 0.684. The number of nitrogens with zero attached hydrogens (tertiary/aromatic N) is 1. The molecule has 2 heteroatoms. The van der Waals surface area contributed by atoms with Gasteiger partial charge in [0.25, 0.3) is 0 Å². The van der Waals surface area contributed by atoms with Crippen LogP contribution in [0.15, 0.2) is 30.3 Å². The fourth-order valence-corrected chi connectivity index (χ4v) is 3.13. The molecule has 1 aromatic carbocycles. The minimum atomic E-state index is 0.626. The molecule has 2 rings (SSSR count). The largest absolute Gasteiger partial charge is 0.314 e. The zero-order valence-corrected chi connectivity index (χ0v) is 13.9. The molecular formula is C19H32N2. The summed E-state index contributed by atoms with van der Waals surface area (Å²) in [4.78, 5) is 2.66. The second-order valence-corrected chi connectivity index (χ2v) is 6.79. The normalized spacial score (nSPS) is 17.5. The van der Waals surface area contributed by atoms with Crippen molar-refractivity contribution in [1.29, 1.82) is 0 Å². The molecule has 0 saturated carbocycles. The summed E-state index contributed by atoms with van der Waals surface area (Å²) in [7, 11) is 0. The molecule has 0 atom stereocenters. The first-order valence-electron chi connectivity index (χ1n) is 8.73. The second kappa shape index (κ2) is 9.22. The molecule has 1 aromatic rings. The van der Waals surface area contributed by atoms with Gasteiger partial charge in [0, 0.05) is 6.04 Å². The summed E-state index contributed by atoms with van der Waals surface area (Å²) < 4.78 is 0. The van der Waals surface area contributed by atoms with Crippen molar-refractivity contribution in [2.45, 2.75) is 52.0 Å². The van der Waals surface area contributed by atoms with Gasteiger partial charge in [0.05, 0.1) is 0 Å². The van der Waals surface area contributed by atoms with Gasteiger partial charge in [-0.25, -0.2) is 0 Å². The molecule has 118 valence electrons. The third kappa shape index (κ3) is 6.62. The van der Waals surface area contributed by atoms with E-state index in [2.05, 4.69) is 54.4 Å². The van der Waals surface area contributed by atoms with Crippen LogP contribution in [0.25, 0.3) is 0 Å². The van der Waals surface area contributed by atoms with Gasteiger partial charge in [0.1, 0.15) is 0 Å². The molecule has 0 radical (unpaired) electrons. The van der Waals surface area contributed by atoms with Crippen molar-refractivity contribution in [2.24, 2.45) is 5.92 Å². The summed E-state index contributed by atoms with van der Waals surface area (Å²) >= 11 is 0. The number of piperidine rings is 1. The van der Waals surface area contributed by atoms with Gasteiger partial charge in [-0.3, -0.25) is 0 Å². The molecule has 1 heterocycles. The Morgan fingerprint density at radius 3 is 2.48 bits per heavy atom. The number of hydrogen-bond acceptors (Lipinski definition) is 2. The minimum Gasteiger partial charge on any atom is -0.314 e. The van der Waals surface area contributed by atoms with Crippen LogP contribution in [-0.4, -0.2) is 37.1 Å². The van der Waals surface area contributed by atoms with E-state index in [0.29, 0.717) is 6.04 Å². The second-order valence-electron chi connectivity index (χ2n) is 6.79. The molecule has 0 aromatic heterocycles. The van der Waals surface area contributed by atoms with Crippen LogP contribution in [0.5, 0.6) is 0 Å². The summed E-state index contributed by atoms with van der Waals surface area (Å²) in [6, 6.07) is 11.5. The molecule has 1 N–H and O–H groups in total. The molecule has 1 aliphatic heterocycles. The Kier molecular flexibility index (Phi) is 7.25. The lowest BCUT2D eigenvalue weighted by molar-refractivity contribution is 0.178. The molecule has 0 spiro atoms. The highest BCUT2D eigenvalue weighted by Gasteiger charge is 2.18. The summed E-state index contributed by atoms with van der Waals surface area (Å²) in [6.45, 7) is 9.58. The highest BCUT2D eigenvalue weighted by molar-refractivity contribution is 5.14. The van der Waals surface area contributed by atoms with E-state index in [1.165, 1.54) is 63.8 Å². The first kappa shape index (κ1) is 16.5. The molecule has 1 aliphatic rings. The van der Waals surface area contributed by atoms with Gasteiger partial charge in [-0.2, -0.15) is 0 Å². The number of aryl methyl sites for hydroxylation is 1. The average Bonchev–Trinajstić information content (AvgIpc) is 2.52. The standard InChI is InChI=1S/C19H32N2/c1-17(2)20-16-19-11-14-21(15-12-19)13-7-6-10-18-8-4-3-5-9-18/h3-5,8-9,17,19-20H,6-7,10-16H2,1-2H3. The van der Waals surface area contributed by atoms with Crippen LogP contribution in [-0.2, 0) is 6.42 Å². The molecular weight excluding hydrogens is 256 g/mol. The lowest BCUT2D eigenvalue weighted by Crippen LogP contribution is -2.39. The lowest BCUT2D eigenvalue weighted by Gasteiger charge is -2.32. The van der Waals surface area contributed by atoms with E-state index in [4.69, 9.17) is 0 Å². The van der Waals surface area contributed by atoms with Gasteiger partial charge in [-0.1, -0.05) is 44.2 Å². The molecule has 2 nitrogen and oxygen atoms in total. The quantitative estimate of drug-likeness (QED) is 0.733. The Balaban J connectivity index is 1.53. The average molecular weight is 288 g/mol. The number of likely N-dealkylation sites (tertiary alicyclic amines) is 1. The van der Waals surface area contributed by atoms with Crippen molar-refractivity contribution in [3.05, 3.63) is 35.9 Å². The van der Waals surface area contributed by atoms with Crippen LogP contribution in [0.3, 0.4) is 0 Å². The van der Waals surface area contributed by atoms with E-state index in [-0.39, 0.29) is 0 Å². The van der Waals surface area contributed by atoms with Gasteiger partial charge in [0.15, 0.2) is 0 Å². The Labute approximate surface area is 130 Å². The van der Waals surface area contributed by atoms with Crippen LogP contribution in [0.4, 0.5) is 0 Å². The van der Waals surface area contributed by atoms with E-state index >= 15 is 0 Å². The van der Waals surface area contributed by atoms with E-state index in [0.717, 1.165) is 5.92 Å². The van der Waals surface area contributed by atoms with Crippen LogP contribution in [0.2, 0.25) is 0 Å².